The standard InChI is InChI=1S/C12H24N2O2/c1-12(8-15,9-16)7-13-10-4-5-14(6-10)11-2-3-11/h10-11,13,15-16H,2-9H2,1H3. The molecular weight excluding hydrogens is 204 g/mol. The van der Waals surface area contributed by atoms with Crippen LogP contribution in [-0.2, 0) is 0 Å². The number of likely N-dealkylation sites (tertiary alicyclic amines) is 1. The van der Waals surface area contributed by atoms with Crippen molar-refractivity contribution in [1.29, 1.82) is 0 Å². The van der Waals surface area contributed by atoms with Crippen molar-refractivity contribution in [3.8, 4) is 0 Å². The highest BCUT2D eigenvalue weighted by molar-refractivity contribution is 4.92. The normalized spacial score (nSPS) is 27.6. The SMILES string of the molecule is CC(CO)(CO)CNC1CCN(C2CC2)C1. The third kappa shape index (κ3) is 2.94. The predicted octanol–water partition coefficient (Wildman–Crippen LogP) is -0.196. The van der Waals surface area contributed by atoms with E-state index >= 15 is 0 Å². The molecule has 3 N–H and O–H groups in total. The molecule has 1 aliphatic carbocycles. The average molecular weight is 228 g/mol. The van der Waals surface area contributed by atoms with Crippen LogP contribution in [0, 0.1) is 5.41 Å². The summed E-state index contributed by atoms with van der Waals surface area (Å²) in [5.41, 5.74) is -0.382. The second-order valence-electron chi connectivity index (χ2n) is 5.72. The first-order valence-electron chi connectivity index (χ1n) is 6.36. The molecular formula is C12H24N2O2. The summed E-state index contributed by atoms with van der Waals surface area (Å²) in [5.74, 6) is 0. The zero-order valence-corrected chi connectivity index (χ0v) is 10.2. The highest BCUT2D eigenvalue weighted by atomic mass is 16.3. The molecule has 0 spiro atoms. The molecule has 1 unspecified atom stereocenters. The lowest BCUT2D eigenvalue weighted by atomic mass is 9.93. The quantitative estimate of drug-likeness (QED) is 0.589. The van der Waals surface area contributed by atoms with E-state index in [1.165, 1.54) is 25.8 Å². The molecule has 0 radical (unpaired) electrons. The van der Waals surface area contributed by atoms with E-state index in [9.17, 15) is 10.2 Å². The highest BCUT2D eigenvalue weighted by Gasteiger charge is 2.34. The minimum Gasteiger partial charge on any atom is -0.396 e. The van der Waals surface area contributed by atoms with Gasteiger partial charge in [-0.1, -0.05) is 6.92 Å². The van der Waals surface area contributed by atoms with E-state index in [0.29, 0.717) is 12.6 Å². The van der Waals surface area contributed by atoms with Crippen LogP contribution in [-0.4, -0.2) is 60.0 Å². The third-order valence-corrected chi connectivity index (χ3v) is 3.86. The van der Waals surface area contributed by atoms with Gasteiger partial charge in [-0.25, -0.2) is 0 Å². The lowest BCUT2D eigenvalue weighted by molar-refractivity contribution is 0.0674. The van der Waals surface area contributed by atoms with Crippen molar-refractivity contribution in [2.45, 2.75) is 38.3 Å². The second kappa shape index (κ2) is 5.00. The van der Waals surface area contributed by atoms with Crippen molar-refractivity contribution in [3.05, 3.63) is 0 Å². The molecule has 1 saturated heterocycles. The van der Waals surface area contributed by atoms with Gasteiger partial charge < -0.3 is 15.5 Å². The molecule has 2 aliphatic rings. The van der Waals surface area contributed by atoms with Gasteiger partial charge in [-0.3, -0.25) is 4.90 Å². The Morgan fingerprint density at radius 2 is 1.94 bits per heavy atom. The molecule has 1 heterocycles. The lowest BCUT2D eigenvalue weighted by Crippen LogP contribution is -2.43. The van der Waals surface area contributed by atoms with Gasteiger partial charge >= 0.3 is 0 Å². The monoisotopic (exact) mass is 228 g/mol. The van der Waals surface area contributed by atoms with Gasteiger partial charge in [-0.05, 0) is 19.3 Å². The summed E-state index contributed by atoms with van der Waals surface area (Å²) >= 11 is 0. The molecule has 16 heavy (non-hydrogen) atoms. The fraction of sp³-hybridized carbons (Fsp3) is 1.00. The smallest absolute Gasteiger partial charge is 0.0518 e. The maximum absolute atomic E-state index is 9.20. The number of hydrogen-bond acceptors (Lipinski definition) is 4. The van der Waals surface area contributed by atoms with Crippen molar-refractivity contribution < 1.29 is 10.2 Å². The van der Waals surface area contributed by atoms with Crippen molar-refractivity contribution >= 4 is 0 Å². The first-order valence-corrected chi connectivity index (χ1v) is 6.36. The van der Waals surface area contributed by atoms with Crippen LogP contribution in [0.15, 0.2) is 0 Å². The Kier molecular flexibility index (Phi) is 3.85. The van der Waals surface area contributed by atoms with Crippen LogP contribution in [0.1, 0.15) is 26.2 Å². The number of aliphatic hydroxyl groups excluding tert-OH is 2. The largest absolute Gasteiger partial charge is 0.396 e. The second-order valence-corrected chi connectivity index (χ2v) is 5.72. The van der Waals surface area contributed by atoms with Crippen molar-refractivity contribution in [2.24, 2.45) is 5.41 Å². The molecule has 2 rings (SSSR count). The first-order chi connectivity index (χ1) is 7.67. The number of rotatable bonds is 6. The van der Waals surface area contributed by atoms with Gasteiger partial charge in [-0.2, -0.15) is 0 Å². The fourth-order valence-corrected chi connectivity index (χ4v) is 2.28. The van der Waals surface area contributed by atoms with E-state index < -0.39 is 0 Å². The van der Waals surface area contributed by atoms with Crippen molar-refractivity contribution in [1.82, 2.24) is 10.2 Å². The van der Waals surface area contributed by atoms with E-state index in [2.05, 4.69) is 10.2 Å². The molecule has 0 bridgehead atoms. The topological polar surface area (TPSA) is 55.7 Å². The van der Waals surface area contributed by atoms with Gasteiger partial charge in [0, 0.05) is 37.1 Å². The summed E-state index contributed by atoms with van der Waals surface area (Å²) in [4.78, 5) is 2.56. The lowest BCUT2D eigenvalue weighted by Gasteiger charge is -2.27. The molecule has 1 aliphatic heterocycles. The zero-order valence-electron chi connectivity index (χ0n) is 10.2. The minimum atomic E-state index is -0.382. The Hall–Kier alpha value is -0.160. The van der Waals surface area contributed by atoms with Gasteiger partial charge in [0.05, 0.1) is 13.2 Å². The molecule has 4 nitrogen and oxygen atoms in total. The van der Waals surface area contributed by atoms with E-state index in [-0.39, 0.29) is 18.6 Å². The molecule has 94 valence electrons. The first kappa shape index (κ1) is 12.3. The fourth-order valence-electron chi connectivity index (χ4n) is 2.28. The Morgan fingerprint density at radius 3 is 2.50 bits per heavy atom. The molecule has 4 heteroatoms. The van der Waals surface area contributed by atoms with Crippen LogP contribution in [0.5, 0.6) is 0 Å². The predicted molar refractivity (Wildman–Crippen MR) is 63.3 cm³/mol. The molecule has 0 amide bonds. The van der Waals surface area contributed by atoms with Crippen LogP contribution in [0.3, 0.4) is 0 Å². The number of hydrogen-bond donors (Lipinski definition) is 3. The van der Waals surface area contributed by atoms with Gasteiger partial charge in [0.2, 0.25) is 0 Å². The number of aliphatic hydroxyl groups is 2. The van der Waals surface area contributed by atoms with Crippen LogP contribution < -0.4 is 5.32 Å². The minimum absolute atomic E-state index is 0.0373. The molecule has 1 atom stereocenters. The third-order valence-electron chi connectivity index (χ3n) is 3.86. The van der Waals surface area contributed by atoms with Crippen LogP contribution in [0.4, 0.5) is 0 Å². The summed E-state index contributed by atoms with van der Waals surface area (Å²) in [6.45, 7) is 5.02. The van der Waals surface area contributed by atoms with Crippen molar-refractivity contribution in [2.75, 3.05) is 32.8 Å². The Balaban J connectivity index is 1.70. The summed E-state index contributed by atoms with van der Waals surface area (Å²) < 4.78 is 0. The summed E-state index contributed by atoms with van der Waals surface area (Å²) in [6.07, 6.45) is 3.94. The summed E-state index contributed by atoms with van der Waals surface area (Å²) in [6, 6.07) is 1.40. The Morgan fingerprint density at radius 1 is 1.25 bits per heavy atom. The average Bonchev–Trinajstić information content (AvgIpc) is 3.06. The van der Waals surface area contributed by atoms with Crippen LogP contribution >= 0.6 is 0 Å². The number of nitrogens with one attached hydrogen (secondary N) is 1. The van der Waals surface area contributed by atoms with Gasteiger partial charge in [-0.15, -0.1) is 0 Å². The molecule has 1 saturated carbocycles. The van der Waals surface area contributed by atoms with E-state index in [1.54, 1.807) is 0 Å². The summed E-state index contributed by atoms with van der Waals surface area (Å²) in [7, 11) is 0. The summed E-state index contributed by atoms with van der Waals surface area (Å²) in [5, 5.41) is 21.9. The molecule has 0 aromatic carbocycles. The van der Waals surface area contributed by atoms with E-state index in [1.807, 2.05) is 6.92 Å². The van der Waals surface area contributed by atoms with Gasteiger partial charge in [0.15, 0.2) is 0 Å². The maximum atomic E-state index is 9.20. The molecule has 2 fully saturated rings. The highest BCUT2D eigenvalue weighted by Crippen LogP contribution is 2.29. The van der Waals surface area contributed by atoms with Gasteiger partial charge in [0.25, 0.3) is 0 Å². The molecule has 0 aromatic rings. The van der Waals surface area contributed by atoms with Crippen molar-refractivity contribution in [3.63, 3.8) is 0 Å². The maximum Gasteiger partial charge on any atom is 0.0518 e. The van der Waals surface area contributed by atoms with E-state index in [0.717, 1.165) is 12.6 Å². The molecule has 0 aromatic heterocycles. The van der Waals surface area contributed by atoms with Crippen LogP contribution in [0.25, 0.3) is 0 Å². The van der Waals surface area contributed by atoms with E-state index in [4.69, 9.17) is 0 Å². The number of nitrogens with zero attached hydrogens (tertiary/aromatic N) is 1. The Labute approximate surface area is 97.6 Å². The zero-order chi connectivity index (χ0) is 11.6. The van der Waals surface area contributed by atoms with Gasteiger partial charge in [0.1, 0.15) is 0 Å². The van der Waals surface area contributed by atoms with Crippen LogP contribution in [0.2, 0.25) is 0 Å². The Bertz CT molecular complexity index is 227.